The molecule has 0 aliphatic carbocycles. The van der Waals surface area contributed by atoms with Crippen LogP contribution in [0.5, 0.6) is 0 Å². The quantitative estimate of drug-likeness (QED) is 0.815. The lowest BCUT2D eigenvalue weighted by molar-refractivity contribution is 0.550. The molecule has 19 heavy (non-hydrogen) atoms. The molecule has 0 amide bonds. The van der Waals surface area contributed by atoms with Crippen LogP contribution in [0.15, 0.2) is 25.7 Å². The maximum absolute atomic E-state index is 5.53. The van der Waals surface area contributed by atoms with Gasteiger partial charge in [0.05, 0.1) is 10.2 Å². The van der Waals surface area contributed by atoms with Crippen LogP contribution in [0.25, 0.3) is 11.6 Å². The zero-order valence-electron chi connectivity index (χ0n) is 11.0. The van der Waals surface area contributed by atoms with Crippen LogP contribution >= 0.6 is 31.9 Å². The first-order valence-corrected chi connectivity index (χ1v) is 7.68. The molecule has 1 N–H and O–H groups in total. The van der Waals surface area contributed by atoms with Gasteiger partial charge in [0.1, 0.15) is 5.82 Å². The number of nitrogens with one attached hydrogen (secondary N) is 1. The summed E-state index contributed by atoms with van der Waals surface area (Å²) in [6, 6.07) is 3.69. The Hall–Kier alpha value is -0.880. The van der Waals surface area contributed by atoms with Gasteiger partial charge in [-0.15, -0.1) is 0 Å². The van der Waals surface area contributed by atoms with Gasteiger partial charge in [-0.2, -0.15) is 0 Å². The maximum atomic E-state index is 5.53. The molecule has 0 saturated heterocycles. The number of rotatable bonds is 4. The van der Waals surface area contributed by atoms with Gasteiger partial charge in [-0.05, 0) is 56.8 Å². The van der Waals surface area contributed by atoms with Gasteiger partial charge >= 0.3 is 0 Å². The number of hydrogen-bond donors (Lipinski definition) is 1. The van der Waals surface area contributed by atoms with E-state index < -0.39 is 0 Å². The summed E-state index contributed by atoms with van der Waals surface area (Å²) in [6.07, 6.45) is 0. The molecule has 2 aromatic rings. The Labute approximate surface area is 129 Å². The molecule has 0 radical (unpaired) electrons. The Morgan fingerprint density at radius 3 is 2.53 bits per heavy atom. The predicted octanol–water partition coefficient (Wildman–Crippen LogP) is 4.82. The fourth-order valence-corrected chi connectivity index (χ4v) is 2.76. The van der Waals surface area contributed by atoms with Gasteiger partial charge < -0.3 is 9.73 Å². The SMILES string of the molecule is CCNc1nc(-c2ccc(Br)o2)nc(C(C)C)c1Br. The predicted molar refractivity (Wildman–Crippen MR) is 83.4 cm³/mol. The van der Waals surface area contributed by atoms with E-state index in [1.54, 1.807) is 0 Å². The van der Waals surface area contributed by atoms with E-state index in [1.165, 1.54) is 0 Å². The van der Waals surface area contributed by atoms with Crippen molar-refractivity contribution in [2.45, 2.75) is 26.7 Å². The lowest BCUT2D eigenvalue weighted by atomic mass is 10.1. The minimum Gasteiger partial charge on any atom is -0.446 e. The number of anilines is 1. The van der Waals surface area contributed by atoms with Crippen molar-refractivity contribution >= 4 is 37.7 Å². The Morgan fingerprint density at radius 2 is 2.00 bits per heavy atom. The molecule has 6 heteroatoms. The van der Waals surface area contributed by atoms with Gasteiger partial charge in [0.15, 0.2) is 16.3 Å². The second-order valence-corrected chi connectivity index (χ2v) is 5.96. The Morgan fingerprint density at radius 1 is 1.26 bits per heavy atom. The van der Waals surface area contributed by atoms with E-state index in [-0.39, 0.29) is 0 Å². The van der Waals surface area contributed by atoms with Gasteiger partial charge in [-0.3, -0.25) is 0 Å². The van der Waals surface area contributed by atoms with Crippen LogP contribution in [0.2, 0.25) is 0 Å². The highest BCUT2D eigenvalue weighted by atomic mass is 79.9. The molecule has 2 aromatic heterocycles. The summed E-state index contributed by atoms with van der Waals surface area (Å²) in [6.45, 7) is 7.04. The summed E-state index contributed by atoms with van der Waals surface area (Å²) in [5, 5.41) is 3.24. The second-order valence-electron chi connectivity index (χ2n) is 4.38. The largest absolute Gasteiger partial charge is 0.446 e. The van der Waals surface area contributed by atoms with E-state index in [4.69, 9.17) is 4.42 Å². The number of aromatic nitrogens is 2. The Kier molecular flexibility index (Phi) is 4.62. The van der Waals surface area contributed by atoms with Gasteiger partial charge in [0.2, 0.25) is 0 Å². The number of furan rings is 1. The molecule has 0 unspecified atom stereocenters. The third-order valence-corrected chi connectivity index (χ3v) is 3.77. The molecule has 0 aromatic carbocycles. The third-order valence-electron chi connectivity index (χ3n) is 2.56. The standard InChI is InChI=1S/C13H15Br2N3O/c1-4-16-13-10(15)11(7(2)3)17-12(18-13)8-5-6-9(14)19-8/h5-7H,4H2,1-3H3,(H,16,17,18). The van der Waals surface area contributed by atoms with Crippen LogP contribution in [-0.2, 0) is 0 Å². The summed E-state index contributed by atoms with van der Waals surface area (Å²) >= 11 is 6.86. The van der Waals surface area contributed by atoms with Crippen LogP contribution in [-0.4, -0.2) is 16.5 Å². The highest BCUT2D eigenvalue weighted by molar-refractivity contribution is 9.10. The fraction of sp³-hybridized carbons (Fsp3) is 0.385. The van der Waals surface area contributed by atoms with Crippen LogP contribution in [0, 0.1) is 0 Å². The first-order valence-electron chi connectivity index (χ1n) is 6.10. The zero-order valence-corrected chi connectivity index (χ0v) is 14.2. The van der Waals surface area contributed by atoms with E-state index in [9.17, 15) is 0 Å². The van der Waals surface area contributed by atoms with Crippen LogP contribution in [0.3, 0.4) is 0 Å². The van der Waals surface area contributed by atoms with E-state index >= 15 is 0 Å². The van der Waals surface area contributed by atoms with Crippen LogP contribution in [0.1, 0.15) is 32.4 Å². The molecule has 0 spiro atoms. The summed E-state index contributed by atoms with van der Waals surface area (Å²) in [5.74, 6) is 2.34. The molecule has 0 fully saturated rings. The molecular formula is C13H15Br2N3O. The number of nitrogens with zero attached hydrogens (tertiary/aromatic N) is 2. The normalized spacial score (nSPS) is 11.1. The molecular weight excluding hydrogens is 374 g/mol. The first kappa shape index (κ1) is 14.5. The van der Waals surface area contributed by atoms with E-state index in [0.29, 0.717) is 22.2 Å². The molecule has 2 heterocycles. The number of halogens is 2. The summed E-state index contributed by atoms with van der Waals surface area (Å²) < 4.78 is 7.11. The Bertz CT molecular complexity index is 581. The molecule has 102 valence electrons. The number of hydrogen-bond acceptors (Lipinski definition) is 4. The molecule has 0 saturated carbocycles. The molecule has 0 bridgehead atoms. The average Bonchev–Trinajstić information content (AvgIpc) is 2.78. The van der Waals surface area contributed by atoms with Crippen molar-refractivity contribution in [3.63, 3.8) is 0 Å². The molecule has 0 aliphatic heterocycles. The van der Waals surface area contributed by atoms with Crippen molar-refractivity contribution in [3.05, 3.63) is 27.0 Å². The minimum absolute atomic E-state index is 0.298. The Balaban J connectivity index is 2.55. The maximum Gasteiger partial charge on any atom is 0.197 e. The lowest BCUT2D eigenvalue weighted by Gasteiger charge is -2.13. The van der Waals surface area contributed by atoms with E-state index in [1.807, 2.05) is 19.1 Å². The lowest BCUT2D eigenvalue weighted by Crippen LogP contribution is -2.07. The summed E-state index contributed by atoms with van der Waals surface area (Å²) in [4.78, 5) is 9.09. The van der Waals surface area contributed by atoms with Crippen molar-refractivity contribution in [1.82, 2.24) is 9.97 Å². The molecule has 0 atom stereocenters. The monoisotopic (exact) mass is 387 g/mol. The second kappa shape index (κ2) is 6.05. The third kappa shape index (κ3) is 3.17. The van der Waals surface area contributed by atoms with E-state index in [2.05, 4.69) is 61.0 Å². The molecule has 2 rings (SSSR count). The topological polar surface area (TPSA) is 51.0 Å². The van der Waals surface area contributed by atoms with Crippen LogP contribution < -0.4 is 5.32 Å². The summed E-state index contributed by atoms with van der Waals surface area (Å²) in [5.41, 5.74) is 0.966. The van der Waals surface area contributed by atoms with Gasteiger partial charge in [-0.1, -0.05) is 13.8 Å². The zero-order chi connectivity index (χ0) is 14.0. The smallest absolute Gasteiger partial charge is 0.197 e. The highest BCUT2D eigenvalue weighted by Crippen LogP contribution is 2.32. The minimum atomic E-state index is 0.298. The van der Waals surface area contributed by atoms with Gasteiger partial charge in [0.25, 0.3) is 0 Å². The van der Waals surface area contributed by atoms with Crippen molar-refractivity contribution in [2.75, 3.05) is 11.9 Å². The first-order chi connectivity index (χ1) is 9.02. The van der Waals surface area contributed by atoms with Crippen molar-refractivity contribution in [3.8, 4) is 11.6 Å². The van der Waals surface area contributed by atoms with E-state index in [0.717, 1.165) is 22.5 Å². The average molecular weight is 389 g/mol. The van der Waals surface area contributed by atoms with Crippen molar-refractivity contribution < 1.29 is 4.42 Å². The molecule has 0 aliphatic rings. The van der Waals surface area contributed by atoms with Crippen molar-refractivity contribution in [2.24, 2.45) is 0 Å². The van der Waals surface area contributed by atoms with Gasteiger partial charge in [-0.25, -0.2) is 9.97 Å². The fourth-order valence-electron chi connectivity index (χ4n) is 1.68. The molecule has 4 nitrogen and oxygen atoms in total. The van der Waals surface area contributed by atoms with Gasteiger partial charge in [0, 0.05) is 6.54 Å². The van der Waals surface area contributed by atoms with Crippen molar-refractivity contribution in [1.29, 1.82) is 0 Å². The van der Waals surface area contributed by atoms with Crippen LogP contribution in [0.4, 0.5) is 5.82 Å². The highest BCUT2D eigenvalue weighted by Gasteiger charge is 2.17. The summed E-state index contributed by atoms with van der Waals surface area (Å²) in [7, 11) is 0.